The van der Waals surface area contributed by atoms with Gasteiger partial charge in [-0.1, -0.05) is 55.3 Å². The topological polar surface area (TPSA) is 35.9 Å². The molecule has 1 amide bonds. The number of piperazine rings is 1. The lowest BCUT2D eigenvalue weighted by Gasteiger charge is -2.37. The van der Waals surface area contributed by atoms with Gasteiger partial charge in [0, 0.05) is 59.2 Å². The number of aliphatic imine (C=N–C) groups is 1. The van der Waals surface area contributed by atoms with E-state index in [0.717, 1.165) is 56.7 Å². The highest BCUT2D eigenvalue weighted by molar-refractivity contribution is 8.00. The van der Waals surface area contributed by atoms with E-state index in [9.17, 15) is 4.79 Å². The lowest BCUT2D eigenvalue weighted by atomic mass is 9.91. The second-order valence-electron chi connectivity index (χ2n) is 9.84. The largest absolute Gasteiger partial charge is 0.368 e. The van der Waals surface area contributed by atoms with Crippen LogP contribution in [0, 0.1) is 19.8 Å². The van der Waals surface area contributed by atoms with Gasteiger partial charge in [-0.15, -0.1) is 11.8 Å². The highest BCUT2D eigenvalue weighted by Crippen LogP contribution is 2.42. The standard InChI is InChI=1S/C30H35N3OS/c1-4-5-9-25-24-8-6-7-10-28(24)35-29-14-12-23(20-26(29)31-25)30(34)33-17-15-32(16-18-33)27-13-11-21(2)19-22(27)3/h6-8,10-14,19-20,24,28H,4-5,9,15-18H2,1-3H3. The molecule has 35 heavy (non-hydrogen) atoms. The normalized spacial score (nSPS) is 21.3. The van der Waals surface area contributed by atoms with Crippen LogP contribution >= 0.6 is 11.8 Å². The fourth-order valence-corrected chi connectivity index (χ4v) is 6.52. The molecule has 2 aromatic rings. The average molecular weight is 486 g/mol. The fourth-order valence-electron chi connectivity index (χ4n) is 5.29. The van der Waals surface area contributed by atoms with Crippen molar-refractivity contribution in [3.8, 4) is 0 Å². The highest BCUT2D eigenvalue weighted by atomic mass is 32.2. The summed E-state index contributed by atoms with van der Waals surface area (Å²) in [5.41, 5.74) is 6.82. The highest BCUT2D eigenvalue weighted by Gasteiger charge is 2.29. The van der Waals surface area contributed by atoms with Crippen molar-refractivity contribution in [3.63, 3.8) is 0 Å². The van der Waals surface area contributed by atoms with E-state index in [-0.39, 0.29) is 5.91 Å². The Labute approximate surface area is 213 Å². The van der Waals surface area contributed by atoms with Crippen molar-refractivity contribution < 1.29 is 4.79 Å². The molecule has 1 fully saturated rings. The summed E-state index contributed by atoms with van der Waals surface area (Å²) >= 11 is 1.87. The first kappa shape index (κ1) is 23.9. The number of allylic oxidation sites excluding steroid dienone is 3. The predicted molar refractivity (Wildman–Crippen MR) is 149 cm³/mol. The summed E-state index contributed by atoms with van der Waals surface area (Å²) in [4.78, 5) is 24.2. The number of hydrogen-bond donors (Lipinski definition) is 0. The number of carbonyl (C=O) groups excluding carboxylic acids is 1. The van der Waals surface area contributed by atoms with E-state index >= 15 is 0 Å². The van der Waals surface area contributed by atoms with Gasteiger partial charge in [-0.2, -0.15) is 0 Å². The summed E-state index contributed by atoms with van der Waals surface area (Å²) in [7, 11) is 0. The Morgan fingerprint density at radius 3 is 2.60 bits per heavy atom. The van der Waals surface area contributed by atoms with E-state index in [1.807, 2.05) is 28.8 Å². The van der Waals surface area contributed by atoms with Crippen molar-refractivity contribution in [3.05, 3.63) is 77.4 Å². The molecular formula is C30H35N3OS. The van der Waals surface area contributed by atoms with Gasteiger partial charge in [0.15, 0.2) is 0 Å². The van der Waals surface area contributed by atoms with Crippen molar-refractivity contribution in [2.24, 2.45) is 10.9 Å². The van der Waals surface area contributed by atoms with Crippen LogP contribution in [-0.4, -0.2) is 47.9 Å². The quantitative estimate of drug-likeness (QED) is 0.470. The van der Waals surface area contributed by atoms with Crippen molar-refractivity contribution in [1.82, 2.24) is 4.90 Å². The SMILES string of the molecule is CCCCC1=Nc2cc(C(=O)N3CCN(c4ccc(C)cc4C)CC3)ccc2SC2C=CC=CC12. The maximum atomic E-state index is 13.5. The number of carbonyl (C=O) groups is 1. The Bertz CT molecular complexity index is 1190. The van der Waals surface area contributed by atoms with Crippen LogP contribution in [0.1, 0.15) is 47.7 Å². The molecule has 0 saturated carbocycles. The minimum atomic E-state index is 0.116. The molecule has 4 nitrogen and oxygen atoms in total. The molecule has 5 heteroatoms. The summed E-state index contributed by atoms with van der Waals surface area (Å²) in [5, 5.41) is 0.372. The number of anilines is 1. The van der Waals surface area contributed by atoms with E-state index in [1.54, 1.807) is 0 Å². The first-order valence-corrected chi connectivity index (χ1v) is 13.8. The molecule has 182 valence electrons. The van der Waals surface area contributed by atoms with Gasteiger partial charge < -0.3 is 9.80 Å². The molecule has 2 unspecified atom stereocenters. The van der Waals surface area contributed by atoms with E-state index in [0.29, 0.717) is 11.2 Å². The maximum Gasteiger partial charge on any atom is 0.254 e. The molecule has 0 bridgehead atoms. The molecule has 2 aromatic carbocycles. The number of aryl methyl sites for hydroxylation is 2. The van der Waals surface area contributed by atoms with Crippen LogP contribution < -0.4 is 4.90 Å². The van der Waals surface area contributed by atoms with E-state index in [1.165, 1.54) is 27.4 Å². The van der Waals surface area contributed by atoms with Crippen molar-refractivity contribution >= 4 is 34.8 Å². The smallest absolute Gasteiger partial charge is 0.254 e. The van der Waals surface area contributed by atoms with Gasteiger partial charge in [0.1, 0.15) is 0 Å². The summed E-state index contributed by atoms with van der Waals surface area (Å²) in [6.45, 7) is 9.72. The zero-order chi connectivity index (χ0) is 24.4. The van der Waals surface area contributed by atoms with Crippen molar-refractivity contribution in [2.75, 3.05) is 31.1 Å². The van der Waals surface area contributed by atoms with Gasteiger partial charge in [-0.05, 0) is 56.5 Å². The minimum Gasteiger partial charge on any atom is -0.368 e. The Morgan fingerprint density at radius 1 is 1.03 bits per heavy atom. The number of benzene rings is 2. The first-order valence-electron chi connectivity index (χ1n) is 12.9. The van der Waals surface area contributed by atoms with Crippen LogP contribution in [0.25, 0.3) is 0 Å². The first-order chi connectivity index (χ1) is 17.0. The fraction of sp³-hybridized carbons (Fsp3) is 0.400. The number of thioether (sulfide) groups is 1. The number of nitrogens with zero attached hydrogens (tertiary/aromatic N) is 3. The molecule has 3 aliphatic rings. The Kier molecular flexibility index (Phi) is 7.14. The number of fused-ring (bicyclic) bond motifs is 2. The van der Waals surface area contributed by atoms with E-state index in [2.05, 4.69) is 74.2 Å². The van der Waals surface area contributed by atoms with E-state index < -0.39 is 0 Å². The molecule has 0 N–H and O–H groups in total. The monoisotopic (exact) mass is 485 g/mol. The van der Waals surface area contributed by atoms with Crippen LogP contribution in [0.2, 0.25) is 0 Å². The Hall–Kier alpha value is -2.79. The second kappa shape index (κ2) is 10.4. The summed E-state index contributed by atoms with van der Waals surface area (Å²) in [5.74, 6) is 0.450. The zero-order valence-electron chi connectivity index (χ0n) is 21.0. The number of unbranched alkanes of at least 4 members (excludes halogenated alkanes) is 1. The van der Waals surface area contributed by atoms with Crippen LogP contribution in [0.4, 0.5) is 11.4 Å². The van der Waals surface area contributed by atoms with Crippen LogP contribution in [0.15, 0.2) is 70.6 Å². The molecule has 1 aliphatic carbocycles. The average Bonchev–Trinajstić information content (AvgIpc) is 3.03. The van der Waals surface area contributed by atoms with E-state index in [4.69, 9.17) is 4.99 Å². The molecule has 2 atom stereocenters. The zero-order valence-corrected chi connectivity index (χ0v) is 21.9. The Balaban J connectivity index is 1.33. The summed E-state index contributed by atoms with van der Waals surface area (Å²) < 4.78 is 0. The van der Waals surface area contributed by atoms with Crippen LogP contribution in [0.5, 0.6) is 0 Å². The lowest BCUT2D eigenvalue weighted by molar-refractivity contribution is 0.0746. The molecule has 5 rings (SSSR count). The van der Waals surface area contributed by atoms with Gasteiger partial charge in [-0.25, -0.2) is 0 Å². The van der Waals surface area contributed by atoms with Gasteiger partial charge in [0.25, 0.3) is 5.91 Å². The van der Waals surface area contributed by atoms with Crippen molar-refractivity contribution in [1.29, 1.82) is 0 Å². The third-order valence-electron chi connectivity index (χ3n) is 7.25. The Morgan fingerprint density at radius 2 is 1.83 bits per heavy atom. The van der Waals surface area contributed by atoms with Crippen molar-refractivity contribution in [2.45, 2.75) is 50.2 Å². The number of rotatable bonds is 5. The van der Waals surface area contributed by atoms with Gasteiger partial charge in [0.05, 0.1) is 5.69 Å². The van der Waals surface area contributed by atoms with Gasteiger partial charge in [-0.3, -0.25) is 9.79 Å². The summed E-state index contributed by atoms with van der Waals surface area (Å²) in [6.07, 6.45) is 12.2. The van der Waals surface area contributed by atoms with Gasteiger partial charge >= 0.3 is 0 Å². The third kappa shape index (κ3) is 5.11. The predicted octanol–water partition coefficient (Wildman–Crippen LogP) is 6.75. The molecule has 2 aliphatic heterocycles. The molecule has 2 heterocycles. The lowest BCUT2D eigenvalue weighted by Crippen LogP contribution is -2.49. The second-order valence-corrected chi connectivity index (χ2v) is 11.1. The number of hydrogen-bond acceptors (Lipinski definition) is 4. The number of amides is 1. The van der Waals surface area contributed by atoms with Crippen LogP contribution in [0.3, 0.4) is 0 Å². The molecule has 0 aromatic heterocycles. The minimum absolute atomic E-state index is 0.116. The maximum absolute atomic E-state index is 13.5. The molecular weight excluding hydrogens is 450 g/mol. The molecule has 0 spiro atoms. The molecule has 1 saturated heterocycles. The third-order valence-corrected chi connectivity index (χ3v) is 8.57. The van der Waals surface area contributed by atoms with Crippen LogP contribution in [-0.2, 0) is 0 Å². The van der Waals surface area contributed by atoms with Gasteiger partial charge in [0.2, 0.25) is 0 Å². The molecule has 0 radical (unpaired) electrons. The summed E-state index contributed by atoms with van der Waals surface area (Å²) in [6, 6.07) is 12.7.